The van der Waals surface area contributed by atoms with Crippen LogP contribution in [0, 0.1) is 6.92 Å². The standard InChI is InChI=1S/C13H15NS/c1-9(2)12-8-14-13(15-12)11-7-5-4-6-10(11)3/h4-9H,1-3H3. The normalized spacial score (nSPS) is 10.9. The first kappa shape index (κ1) is 10.4. The second kappa shape index (κ2) is 4.15. The molecule has 0 amide bonds. The summed E-state index contributed by atoms with van der Waals surface area (Å²) in [5.41, 5.74) is 2.55. The number of nitrogens with zero attached hydrogens (tertiary/aromatic N) is 1. The molecule has 0 bridgehead atoms. The maximum atomic E-state index is 4.49. The first-order chi connectivity index (χ1) is 7.18. The van der Waals surface area contributed by atoms with Crippen LogP contribution in [0.25, 0.3) is 10.6 Å². The number of aromatic nitrogens is 1. The Labute approximate surface area is 94.8 Å². The molecule has 0 spiro atoms. The molecule has 0 saturated carbocycles. The van der Waals surface area contributed by atoms with E-state index in [4.69, 9.17) is 0 Å². The van der Waals surface area contributed by atoms with Crippen molar-refractivity contribution in [1.29, 1.82) is 0 Å². The number of hydrogen-bond acceptors (Lipinski definition) is 2. The lowest BCUT2D eigenvalue weighted by molar-refractivity contribution is 0.885. The minimum atomic E-state index is 0.570. The summed E-state index contributed by atoms with van der Waals surface area (Å²) in [6.45, 7) is 6.54. The van der Waals surface area contributed by atoms with Crippen molar-refractivity contribution in [3.05, 3.63) is 40.9 Å². The van der Waals surface area contributed by atoms with Gasteiger partial charge in [0.25, 0.3) is 0 Å². The van der Waals surface area contributed by atoms with Crippen LogP contribution in [0.3, 0.4) is 0 Å². The van der Waals surface area contributed by atoms with E-state index in [1.807, 2.05) is 6.20 Å². The van der Waals surface area contributed by atoms with Gasteiger partial charge in [-0.15, -0.1) is 11.3 Å². The van der Waals surface area contributed by atoms with E-state index in [0.29, 0.717) is 5.92 Å². The molecule has 1 nitrogen and oxygen atoms in total. The van der Waals surface area contributed by atoms with Crippen LogP contribution in [0.15, 0.2) is 30.5 Å². The third-order valence-electron chi connectivity index (χ3n) is 2.47. The molecule has 0 unspecified atom stereocenters. The van der Waals surface area contributed by atoms with Gasteiger partial charge in [-0.05, 0) is 18.4 Å². The zero-order valence-corrected chi connectivity index (χ0v) is 10.1. The molecule has 2 heteroatoms. The van der Waals surface area contributed by atoms with E-state index in [-0.39, 0.29) is 0 Å². The summed E-state index contributed by atoms with van der Waals surface area (Å²) in [6, 6.07) is 8.40. The van der Waals surface area contributed by atoms with Crippen LogP contribution in [0.1, 0.15) is 30.2 Å². The molecule has 0 atom stereocenters. The van der Waals surface area contributed by atoms with Crippen molar-refractivity contribution < 1.29 is 0 Å². The van der Waals surface area contributed by atoms with Gasteiger partial charge in [0.1, 0.15) is 5.01 Å². The average molecular weight is 217 g/mol. The van der Waals surface area contributed by atoms with E-state index >= 15 is 0 Å². The number of aryl methyl sites for hydroxylation is 1. The lowest BCUT2D eigenvalue weighted by atomic mass is 10.1. The number of benzene rings is 1. The maximum Gasteiger partial charge on any atom is 0.123 e. The molecule has 0 aliphatic rings. The quantitative estimate of drug-likeness (QED) is 0.733. The minimum absolute atomic E-state index is 0.570. The summed E-state index contributed by atoms with van der Waals surface area (Å²) in [5.74, 6) is 0.570. The molecule has 0 radical (unpaired) electrons. The highest BCUT2D eigenvalue weighted by Crippen LogP contribution is 2.30. The van der Waals surface area contributed by atoms with Gasteiger partial charge in [0, 0.05) is 16.6 Å². The van der Waals surface area contributed by atoms with E-state index in [1.165, 1.54) is 16.0 Å². The van der Waals surface area contributed by atoms with Crippen molar-refractivity contribution in [2.75, 3.05) is 0 Å². The number of hydrogen-bond donors (Lipinski definition) is 0. The van der Waals surface area contributed by atoms with Gasteiger partial charge in [-0.2, -0.15) is 0 Å². The first-order valence-corrected chi connectivity index (χ1v) is 6.02. The van der Waals surface area contributed by atoms with E-state index in [1.54, 1.807) is 11.3 Å². The minimum Gasteiger partial charge on any atom is -0.244 e. The molecule has 1 aromatic carbocycles. The molecular formula is C13H15NS. The van der Waals surface area contributed by atoms with Crippen molar-refractivity contribution in [3.63, 3.8) is 0 Å². The van der Waals surface area contributed by atoms with E-state index < -0.39 is 0 Å². The third kappa shape index (κ3) is 2.10. The Balaban J connectivity index is 2.42. The molecule has 1 heterocycles. The van der Waals surface area contributed by atoms with Gasteiger partial charge in [0.2, 0.25) is 0 Å². The summed E-state index contributed by atoms with van der Waals surface area (Å²) in [7, 11) is 0. The molecule has 0 N–H and O–H groups in total. The van der Waals surface area contributed by atoms with Crippen LogP contribution >= 0.6 is 11.3 Å². The lowest BCUT2D eigenvalue weighted by Gasteiger charge is -2.00. The van der Waals surface area contributed by atoms with Crippen molar-refractivity contribution in [1.82, 2.24) is 4.98 Å². The highest BCUT2D eigenvalue weighted by atomic mass is 32.1. The highest BCUT2D eigenvalue weighted by molar-refractivity contribution is 7.15. The molecule has 2 aromatic rings. The molecule has 0 saturated heterocycles. The smallest absolute Gasteiger partial charge is 0.123 e. The fourth-order valence-electron chi connectivity index (χ4n) is 1.49. The Kier molecular flexibility index (Phi) is 2.87. The zero-order chi connectivity index (χ0) is 10.8. The zero-order valence-electron chi connectivity index (χ0n) is 9.32. The Morgan fingerprint density at radius 1 is 1.20 bits per heavy atom. The third-order valence-corrected chi connectivity index (χ3v) is 3.80. The molecule has 15 heavy (non-hydrogen) atoms. The van der Waals surface area contributed by atoms with Crippen LogP contribution in [-0.4, -0.2) is 4.98 Å². The maximum absolute atomic E-state index is 4.49. The van der Waals surface area contributed by atoms with Crippen LogP contribution in [-0.2, 0) is 0 Å². The topological polar surface area (TPSA) is 12.9 Å². The predicted octanol–water partition coefficient (Wildman–Crippen LogP) is 4.24. The molecule has 78 valence electrons. The number of thiazole rings is 1. The molecular weight excluding hydrogens is 202 g/mol. The summed E-state index contributed by atoms with van der Waals surface area (Å²) in [6.07, 6.45) is 2.00. The molecule has 1 aromatic heterocycles. The fourth-order valence-corrected chi connectivity index (χ4v) is 2.50. The van der Waals surface area contributed by atoms with Crippen molar-refractivity contribution >= 4 is 11.3 Å². The van der Waals surface area contributed by atoms with Crippen molar-refractivity contribution in [2.24, 2.45) is 0 Å². The Hall–Kier alpha value is -1.15. The van der Waals surface area contributed by atoms with Crippen molar-refractivity contribution in [3.8, 4) is 10.6 Å². The summed E-state index contributed by atoms with van der Waals surface area (Å²) in [4.78, 5) is 5.84. The fraction of sp³-hybridized carbons (Fsp3) is 0.308. The molecule has 0 aliphatic heterocycles. The molecule has 2 rings (SSSR count). The van der Waals surface area contributed by atoms with E-state index in [9.17, 15) is 0 Å². The van der Waals surface area contributed by atoms with Crippen LogP contribution in [0.2, 0.25) is 0 Å². The second-order valence-electron chi connectivity index (χ2n) is 4.04. The lowest BCUT2D eigenvalue weighted by Crippen LogP contribution is -1.79. The van der Waals surface area contributed by atoms with Crippen LogP contribution < -0.4 is 0 Å². The summed E-state index contributed by atoms with van der Waals surface area (Å²) >= 11 is 1.80. The monoisotopic (exact) mass is 217 g/mol. The second-order valence-corrected chi connectivity index (χ2v) is 5.10. The van der Waals surface area contributed by atoms with Gasteiger partial charge in [-0.1, -0.05) is 38.1 Å². The highest BCUT2D eigenvalue weighted by Gasteiger charge is 2.08. The van der Waals surface area contributed by atoms with Gasteiger partial charge in [0.05, 0.1) is 0 Å². The van der Waals surface area contributed by atoms with E-state index in [2.05, 4.69) is 50.0 Å². The van der Waals surface area contributed by atoms with Crippen molar-refractivity contribution in [2.45, 2.75) is 26.7 Å². The predicted molar refractivity (Wildman–Crippen MR) is 66.4 cm³/mol. The Bertz CT molecular complexity index is 457. The van der Waals surface area contributed by atoms with Gasteiger partial charge >= 0.3 is 0 Å². The van der Waals surface area contributed by atoms with Crippen LogP contribution in [0.4, 0.5) is 0 Å². The molecule has 0 aliphatic carbocycles. The summed E-state index contributed by atoms with van der Waals surface area (Å²) < 4.78 is 0. The van der Waals surface area contributed by atoms with Gasteiger partial charge in [-0.25, -0.2) is 4.98 Å². The van der Waals surface area contributed by atoms with E-state index in [0.717, 1.165) is 5.01 Å². The van der Waals surface area contributed by atoms with Gasteiger partial charge in [0.15, 0.2) is 0 Å². The van der Waals surface area contributed by atoms with Crippen LogP contribution in [0.5, 0.6) is 0 Å². The number of rotatable bonds is 2. The largest absolute Gasteiger partial charge is 0.244 e. The molecule has 0 fully saturated rings. The summed E-state index contributed by atoms with van der Waals surface area (Å²) in [5, 5.41) is 1.14. The van der Waals surface area contributed by atoms with Gasteiger partial charge < -0.3 is 0 Å². The Morgan fingerprint density at radius 3 is 2.53 bits per heavy atom. The average Bonchev–Trinajstić information content (AvgIpc) is 2.67. The Morgan fingerprint density at radius 2 is 1.93 bits per heavy atom. The first-order valence-electron chi connectivity index (χ1n) is 5.20. The van der Waals surface area contributed by atoms with Gasteiger partial charge in [-0.3, -0.25) is 0 Å². The SMILES string of the molecule is Cc1ccccc1-c1ncc(C(C)C)s1.